The molecule has 110 valence electrons. The van der Waals surface area contributed by atoms with Crippen molar-refractivity contribution in [3.8, 4) is 0 Å². The molecule has 0 bridgehead atoms. The van der Waals surface area contributed by atoms with Gasteiger partial charge in [-0.05, 0) is 35.9 Å². The lowest BCUT2D eigenvalue weighted by atomic mass is 10.1. The van der Waals surface area contributed by atoms with Crippen molar-refractivity contribution < 1.29 is 9.59 Å². The Hall–Kier alpha value is -2.10. The van der Waals surface area contributed by atoms with Crippen LogP contribution in [0.2, 0.25) is 10.0 Å². The van der Waals surface area contributed by atoms with E-state index in [-0.39, 0.29) is 18.4 Å². The zero-order valence-electron chi connectivity index (χ0n) is 11.4. The Balaban J connectivity index is 1.78. The first-order valence-electron chi connectivity index (χ1n) is 6.65. The molecule has 0 saturated carbocycles. The van der Waals surface area contributed by atoms with Crippen LogP contribution in [-0.4, -0.2) is 23.3 Å². The smallest absolute Gasteiger partial charge is 0.261 e. The summed E-state index contributed by atoms with van der Waals surface area (Å²) in [5.74, 6) is -0.551. The summed E-state index contributed by atoms with van der Waals surface area (Å²) in [6.45, 7) is 0.190. The van der Waals surface area contributed by atoms with E-state index >= 15 is 0 Å². The molecule has 0 aromatic heterocycles. The molecule has 1 aliphatic rings. The molecule has 22 heavy (non-hydrogen) atoms. The maximum absolute atomic E-state index is 12.2. The molecule has 0 atom stereocenters. The molecule has 0 spiro atoms. The fourth-order valence-electron chi connectivity index (χ4n) is 2.33. The molecule has 0 saturated heterocycles. The van der Waals surface area contributed by atoms with Crippen molar-refractivity contribution in [3.05, 3.63) is 75.3 Å². The van der Waals surface area contributed by atoms with Crippen molar-refractivity contribution >= 4 is 41.1 Å². The first kappa shape index (κ1) is 14.8. The van der Waals surface area contributed by atoms with Crippen LogP contribution in [0, 0.1) is 0 Å². The summed E-state index contributed by atoms with van der Waals surface area (Å²) in [6, 6.07) is 11.9. The van der Waals surface area contributed by atoms with E-state index in [9.17, 15) is 9.59 Å². The number of carbonyl (C=O) groups excluding carboxylic acids is 2. The summed E-state index contributed by atoms with van der Waals surface area (Å²) < 4.78 is 0. The highest BCUT2D eigenvalue weighted by Gasteiger charge is 2.34. The second kappa shape index (κ2) is 5.95. The molecule has 1 heterocycles. The number of hydrogen-bond acceptors (Lipinski definition) is 2. The Morgan fingerprint density at radius 1 is 0.955 bits per heavy atom. The van der Waals surface area contributed by atoms with E-state index < -0.39 is 0 Å². The van der Waals surface area contributed by atoms with Gasteiger partial charge in [-0.3, -0.25) is 14.5 Å². The molecule has 5 heteroatoms. The van der Waals surface area contributed by atoms with Gasteiger partial charge >= 0.3 is 0 Å². The van der Waals surface area contributed by atoms with Gasteiger partial charge in [0.25, 0.3) is 11.8 Å². The van der Waals surface area contributed by atoms with E-state index in [4.69, 9.17) is 23.2 Å². The number of carbonyl (C=O) groups is 2. The lowest BCUT2D eigenvalue weighted by molar-refractivity contribution is 0.0672. The number of nitrogens with zero attached hydrogens (tertiary/aromatic N) is 1. The second-order valence-electron chi connectivity index (χ2n) is 4.83. The van der Waals surface area contributed by atoms with Crippen LogP contribution in [-0.2, 0) is 0 Å². The van der Waals surface area contributed by atoms with Crippen molar-refractivity contribution in [1.82, 2.24) is 4.90 Å². The van der Waals surface area contributed by atoms with Crippen LogP contribution in [0.4, 0.5) is 0 Å². The monoisotopic (exact) mass is 331 g/mol. The van der Waals surface area contributed by atoms with Crippen LogP contribution in [0.15, 0.2) is 48.5 Å². The van der Waals surface area contributed by atoms with Crippen molar-refractivity contribution in [2.75, 3.05) is 6.54 Å². The zero-order valence-corrected chi connectivity index (χ0v) is 12.9. The van der Waals surface area contributed by atoms with Gasteiger partial charge in [-0.2, -0.15) is 0 Å². The van der Waals surface area contributed by atoms with Crippen LogP contribution < -0.4 is 0 Å². The van der Waals surface area contributed by atoms with E-state index in [1.807, 2.05) is 0 Å². The van der Waals surface area contributed by atoms with Gasteiger partial charge in [0, 0.05) is 16.6 Å². The highest BCUT2D eigenvalue weighted by Crippen LogP contribution is 2.24. The third-order valence-corrected chi connectivity index (χ3v) is 4.00. The molecule has 0 N–H and O–H groups in total. The van der Waals surface area contributed by atoms with Crippen molar-refractivity contribution in [3.63, 3.8) is 0 Å². The predicted molar refractivity (Wildman–Crippen MR) is 87.3 cm³/mol. The van der Waals surface area contributed by atoms with E-state index in [2.05, 4.69) is 0 Å². The van der Waals surface area contributed by atoms with E-state index in [0.29, 0.717) is 21.2 Å². The maximum Gasteiger partial charge on any atom is 0.261 e. The average Bonchev–Trinajstić information content (AvgIpc) is 2.76. The Kier molecular flexibility index (Phi) is 4.01. The van der Waals surface area contributed by atoms with Gasteiger partial charge in [0.2, 0.25) is 0 Å². The van der Waals surface area contributed by atoms with Crippen molar-refractivity contribution in [1.29, 1.82) is 0 Å². The summed E-state index contributed by atoms with van der Waals surface area (Å²) >= 11 is 12.0. The molecule has 0 fully saturated rings. The highest BCUT2D eigenvalue weighted by atomic mass is 35.5. The number of hydrogen-bond donors (Lipinski definition) is 0. The zero-order chi connectivity index (χ0) is 15.7. The largest absolute Gasteiger partial charge is 0.270 e. The van der Waals surface area contributed by atoms with Crippen LogP contribution in [0.1, 0.15) is 26.3 Å². The van der Waals surface area contributed by atoms with Crippen molar-refractivity contribution in [2.45, 2.75) is 0 Å². The van der Waals surface area contributed by atoms with Crippen LogP contribution in [0.5, 0.6) is 0 Å². The maximum atomic E-state index is 12.2. The number of benzene rings is 2. The minimum Gasteiger partial charge on any atom is -0.270 e. The Labute approximate surface area is 137 Å². The van der Waals surface area contributed by atoms with Gasteiger partial charge in [0.15, 0.2) is 0 Å². The Morgan fingerprint density at radius 3 is 2.23 bits per heavy atom. The van der Waals surface area contributed by atoms with E-state index in [1.165, 1.54) is 4.90 Å². The van der Waals surface area contributed by atoms with Gasteiger partial charge in [0.1, 0.15) is 0 Å². The third kappa shape index (κ3) is 2.65. The normalized spacial score (nSPS) is 14.0. The molecule has 3 rings (SSSR count). The molecule has 2 aromatic rings. The molecular weight excluding hydrogens is 321 g/mol. The summed E-state index contributed by atoms with van der Waals surface area (Å²) in [5.41, 5.74) is 1.63. The van der Waals surface area contributed by atoms with Crippen LogP contribution in [0.3, 0.4) is 0 Å². The molecule has 0 aliphatic carbocycles. The molecule has 0 radical (unpaired) electrons. The van der Waals surface area contributed by atoms with Crippen molar-refractivity contribution in [2.24, 2.45) is 0 Å². The Morgan fingerprint density at radius 2 is 1.59 bits per heavy atom. The predicted octanol–water partition coefficient (Wildman–Crippen LogP) is 4.30. The number of imide groups is 1. The lowest BCUT2D eigenvalue weighted by Crippen LogP contribution is -2.29. The van der Waals surface area contributed by atoms with Gasteiger partial charge in [-0.25, -0.2) is 0 Å². The summed E-state index contributed by atoms with van der Waals surface area (Å²) in [4.78, 5) is 25.6. The topological polar surface area (TPSA) is 37.4 Å². The summed E-state index contributed by atoms with van der Waals surface area (Å²) in [7, 11) is 0. The van der Waals surface area contributed by atoms with Gasteiger partial charge in [-0.15, -0.1) is 0 Å². The van der Waals surface area contributed by atoms with Gasteiger partial charge in [-0.1, -0.05) is 47.5 Å². The van der Waals surface area contributed by atoms with E-state index in [0.717, 1.165) is 5.56 Å². The third-order valence-electron chi connectivity index (χ3n) is 3.42. The minimum atomic E-state index is -0.276. The molecule has 3 nitrogen and oxygen atoms in total. The van der Waals surface area contributed by atoms with E-state index in [1.54, 1.807) is 54.6 Å². The number of amides is 2. The number of halogens is 2. The van der Waals surface area contributed by atoms with Gasteiger partial charge in [0.05, 0.1) is 11.1 Å². The quantitative estimate of drug-likeness (QED) is 0.786. The fraction of sp³-hybridized carbons (Fsp3) is 0.0588. The number of rotatable bonds is 3. The molecular formula is C17H11Cl2NO2. The highest BCUT2D eigenvalue weighted by molar-refractivity contribution is 6.34. The molecule has 2 amide bonds. The van der Waals surface area contributed by atoms with Gasteiger partial charge < -0.3 is 0 Å². The molecule has 2 aromatic carbocycles. The fourth-order valence-corrected chi connectivity index (χ4v) is 2.69. The average molecular weight is 332 g/mol. The first-order chi connectivity index (χ1) is 10.6. The van der Waals surface area contributed by atoms with Crippen LogP contribution >= 0.6 is 23.2 Å². The van der Waals surface area contributed by atoms with Crippen LogP contribution in [0.25, 0.3) is 6.08 Å². The SMILES string of the molecule is O=C1c2ccccc2C(=O)N1C/C=C/c1cc(Cl)ccc1Cl. The Bertz CT molecular complexity index is 764. The standard InChI is InChI=1S/C17H11Cl2NO2/c18-12-7-8-15(19)11(10-12)4-3-9-20-16(21)13-5-1-2-6-14(13)17(20)22/h1-8,10H,9H2/b4-3+. The number of fused-ring (bicyclic) bond motifs is 1. The second-order valence-corrected chi connectivity index (χ2v) is 5.68. The first-order valence-corrected chi connectivity index (χ1v) is 7.40. The molecule has 0 unspecified atom stereocenters. The molecule has 1 aliphatic heterocycles. The minimum absolute atomic E-state index is 0.190. The summed E-state index contributed by atoms with van der Waals surface area (Å²) in [5, 5.41) is 1.13. The summed E-state index contributed by atoms with van der Waals surface area (Å²) in [6.07, 6.45) is 3.47. The lowest BCUT2D eigenvalue weighted by Gasteiger charge is -2.10.